The molecule has 2 saturated heterocycles. The van der Waals surface area contributed by atoms with Crippen molar-refractivity contribution in [2.75, 3.05) is 39.4 Å². The molecule has 7 nitrogen and oxygen atoms in total. The fraction of sp³-hybridized carbons (Fsp3) is 0.400. The molecule has 2 aromatic rings. The molecule has 0 unspecified atom stereocenters. The predicted octanol–water partition coefficient (Wildman–Crippen LogP) is 1.59. The van der Waals surface area contributed by atoms with Crippen molar-refractivity contribution in [3.8, 4) is 11.3 Å². The zero-order chi connectivity index (χ0) is 18.8. The number of ether oxygens (including phenoxy) is 1. The van der Waals surface area contributed by atoms with Crippen LogP contribution in [0.15, 0.2) is 40.8 Å². The van der Waals surface area contributed by atoms with Gasteiger partial charge in [0.25, 0.3) is 11.8 Å². The van der Waals surface area contributed by atoms with Crippen LogP contribution in [-0.2, 0) is 4.74 Å². The van der Waals surface area contributed by atoms with Crippen molar-refractivity contribution in [3.05, 3.63) is 47.7 Å². The topological polar surface area (TPSA) is 89.0 Å². The highest BCUT2D eigenvalue weighted by Gasteiger charge is 2.25. The number of furan rings is 1. The van der Waals surface area contributed by atoms with Gasteiger partial charge in [0.05, 0.1) is 13.2 Å². The number of carbonyl (C=O) groups is 2. The molecule has 0 radical (unpaired) electrons. The van der Waals surface area contributed by atoms with Gasteiger partial charge in [-0.1, -0.05) is 12.1 Å². The summed E-state index contributed by atoms with van der Waals surface area (Å²) in [6.07, 6.45) is 0.830. The molecule has 0 aliphatic carbocycles. The summed E-state index contributed by atoms with van der Waals surface area (Å²) >= 11 is 0. The van der Waals surface area contributed by atoms with Crippen molar-refractivity contribution in [2.24, 2.45) is 5.73 Å². The number of nitrogens with zero attached hydrogens (tertiary/aromatic N) is 2. The van der Waals surface area contributed by atoms with Gasteiger partial charge in [-0.15, -0.1) is 0 Å². The first-order valence-electron chi connectivity index (χ1n) is 9.24. The van der Waals surface area contributed by atoms with Gasteiger partial charge in [0.2, 0.25) is 0 Å². The zero-order valence-electron chi connectivity index (χ0n) is 15.1. The summed E-state index contributed by atoms with van der Waals surface area (Å²) in [6, 6.07) is 10.8. The van der Waals surface area contributed by atoms with Gasteiger partial charge < -0.3 is 24.7 Å². The van der Waals surface area contributed by atoms with Crippen LogP contribution < -0.4 is 5.73 Å². The molecule has 7 heteroatoms. The second kappa shape index (κ2) is 7.54. The first-order valence-corrected chi connectivity index (χ1v) is 9.24. The highest BCUT2D eigenvalue weighted by atomic mass is 16.5. The molecule has 4 rings (SSSR count). The Hall–Kier alpha value is -2.64. The maximum atomic E-state index is 12.7. The van der Waals surface area contributed by atoms with Crippen LogP contribution in [0.3, 0.4) is 0 Å². The third-order valence-electron chi connectivity index (χ3n) is 5.02. The van der Waals surface area contributed by atoms with E-state index in [-0.39, 0.29) is 17.9 Å². The standard InChI is InChI=1S/C20H23N3O4/c21-16-6-7-23(13-16)19(24)15-3-1-2-14(12-15)17-4-5-18(27-17)20(25)22-8-10-26-11-9-22/h1-5,12,16H,6-11,13,21H2/t16-/m0/s1. The van der Waals surface area contributed by atoms with Gasteiger partial charge in [-0.25, -0.2) is 0 Å². The zero-order valence-corrected chi connectivity index (χ0v) is 15.1. The highest BCUT2D eigenvalue weighted by Crippen LogP contribution is 2.25. The Labute approximate surface area is 157 Å². The minimum atomic E-state index is -0.136. The van der Waals surface area contributed by atoms with Crippen LogP contribution in [-0.4, -0.2) is 67.0 Å². The number of hydrogen-bond donors (Lipinski definition) is 1. The van der Waals surface area contributed by atoms with Crippen LogP contribution in [0.25, 0.3) is 11.3 Å². The van der Waals surface area contributed by atoms with Crippen LogP contribution in [0.5, 0.6) is 0 Å². The van der Waals surface area contributed by atoms with E-state index in [9.17, 15) is 9.59 Å². The second-order valence-electron chi connectivity index (χ2n) is 6.95. The fourth-order valence-electron chi connectivity index (χ4n) is 3.49. The van der Waals surface area contributed by atoms with Gasteiger partial charge in [0.1, 0.15) is 5.76 Å². The molecule has 0 saturated carbocycles. The Kier molecular flexibility index (Phi) is 4.96. The molecule has 2 N–H and O–H groups in total. The van der Waals surface area contributed by atoms with E-state index in [1.807, 2.05) is 12.1 Å². The van der Waals surface area contributed by atoms with Crippen molar-refractivity contribution in [3.63, 3.8) is 0 Å². The molecule has 0 bridgehead atoms. The van der Waals surface area contributed by atoms with E-state index in [2.05, 4.69) is 0 Å². The number of morpholine rings is 1. The lowest BCUT2D eigenvalue weighted by atomic mass is 10.1. The smallest absolute Gasteiger partial charge is 0.289 e. The number of nitrogens with two attached hydrogens (primary N) is 1. The van der Waals surface area contributed by atoms with Crippen molar-refractivity contribution in [1.29, 1.82) is 0 Å². The minimum absolute atomic E-state index is 0.0269. The van der Waals surface area contributed by atoms with Crippen LogP contribution in [0.4, 0.5) is 0 Å². The number of amides is 2. The Morgan fingerprint density at radius 2 is 1.81 bits per heavy atom. The first-order chi connectivity index (χ1) is 13.1. The maximum absolute atomic E-state index is 12.7. The molecular formula is C20H23N3O4. The molecule has 0 spiro atoms. The van der Waals surface area contributed by atoms with Crippen LogP contribution in [0.2, 0.25) is 0 Å². The average molecular weight is 369 g/mol. The van der Waals surface area contributed by atoms with E-state index < -0.39 is 0 Å². The molecule has 2 aliphatic rings. The van der Waals surface area contributed by atoms with Crippen molar-refractivity contribution in [1.82, 2.24) is 9.80 Å². The lowest BCUT2D eigenvalue weighted by Crippen LogP contribution is -2.40. The second-order valence-corrected chi connectivity index (χ2v) is 6.95. The monoisotopic (exact) mass is 369 g/mol. The van der Waals surface area contributed by atoms with Gasteiger partial charge in [-0.2, -0.15) is 0 Å². The normalized spacial score (nSPS) is 20.1. The Bertz CT molecular complexity index is 841. The third-order valence-corrected chi connectivity index (χ3v) is 5.02. The third kappa shape index (κ3) is 3.74. The molecular weight excluding hydrogens is 346 g/mol. The lowest BCUT2D eigenvalue weighted by Gasteiger charge is -2.25. The fourth-order valence-corrected chi connectivity index (χ4v) is 3.49. The molecule has 3 heterocycles. The van der Waals surface area contributed by atoms with Gasteiger partial charge in [-0.3, -0.25) is 9.59 Å². The van der Waals surface area contributed by atoms with E-state index in [1.54, 1.807) is 34.1 Å². The summed E-state index contributed by atoms with van der Waals surface area (Å²) in [6.45, 7) is 3.49. The Morgan fingerprint density at radius 3 is 2.56 bits per heavy atom. The van der Waals surface area contributed by atoms with Crippen molar-refractivity contribution in [2.45, 2.75) is 12.5 Å². The summed E-state index contributed by atoms with van der Waals surface area (Å²) in [7, 11) is 0. The Morgan fingerprint density at radius 1 is 1.00 bits per heavy atom. The number of rotatable bonds is 3. The van der Waals surface area contributed by atoms with Gasteiger partial charge in [0.15, 0.2) is 5.76 Å². The average Bonchev–Trinajstić information content (AvgIpc) is 3.37. The van der Waals surface area contributed by atoms with Gasteiger partial charge in [0, 0.05) is 43.3 Å². The number of carbonyl (C=O) groups excluding carboxylic acids is 2. The van der Waals surface area contributed by atoms with Crippen molar-refractivity contribution >= 4 is 11.8 Å². The van der Waals surface area contributed by atoms with E-state index >= 15 is 0 Å². The molecule has 1 aromatic heterocycles. The number of likely N-dealkylation sites (tertiary alicyclic amines) is 1. The van der Waals surface area contributed by atoms with Gasteiger partial charge >= 0.3 is 0 Å². The summed E-state index contributed by atoms with van der Waals surface area (Å²) in [5, 5.41) is 0. The van der Waals surface area contributed by atoms with Crippen LogP contribution >= 0.6 is 0 Å². The number of benzene rings is 1. The van der Waals surface area contributed by atoms with E-state index in [1.165, 1.54) is 0 Å². The molecule has 2 fully saturated rings. The van der Waals surface area contributed by atoms with Crippen molar-refractivity contribution < 1.29 is 18.7 Å². The predicted molar refractivity (Wildman–Crippen MR) is 99.4 cm³/mol. The molecule has 1 aromatic carbocycles. The maximum Gasteiger partial charge on any atom is 0.289 e. The summed E-state index contributed by atoms with van der Waals surface area (Å²) in [4.78, 5) is 28.7. The molecule has 142 valence electrons. The van der Waals surface area contributed by atoms with E-state index in [4.69, 9.17) is 14.9 Å². The van der Waals surface area contributed by atoms with Gasteiger partial charge in [-0.05, 0) is 30.7 Å². The Balaban J connectivity index is 1.51. The van der Waals surface area contributed by atoms with E-state index in [0.717, 1.165) is 12.0 Å². The molecule has 27 heavy (non-hydrogen) atoms. The first kappa shape index (κ1) is 17.8. The summed E-state index contributed by atoms with van der Waals surface area (Å²) in [5.74, 6) is 0.706. The lowest BCUT2D eigenvalue weighted by molar-refractivity contribution is 0.0283. The summed E-state index contributed by atoms with van der Waals surface area (Å²) < 4.78 is 11.1. The molecule has 1 atom stereocenters. The minimum Gasteiger partial charge on any atom is -0.451 e. The SMILES string of the molecule is N[C@H]1CCN(C(=O)c2cccc(-c3ccc(C(=O)N4CCOCC4)o3)c2)C1. The van der Waals surface area contributed by atoms with Crippen LogP contribution in [0, 0.1) is 0 Å². The molecule has 2 aliphatic heterocycles. The number of hydrogen-bond acceptors (Lipinski definition) is 5. The van der Waals surface area contributed by atoms with Crippen LogP contribution in [0.1, 0.15) is 27.3 Å². The largest absolute Gasteiger partial charge is 0.451 e. The summed E-state index contributed by atoms with van der Waals surface area (Å²) in [5.41, 5.74) is 7.27. The van der Waals surface area contributed by atoms with E-state index in [0.29, 0.717) is 56.5 Å². The molecule has 2 amide bonds. The highest BCUT2D eigenvalue weighted by molar-refractivity contribution is 5.96. The quantitative estimate of drug-likeness (QED) is 0.888.